The van der Waals surface area contributed by atoms with Crippen molar-refractivity contribution in [2.24, 2.45) is 0 Å². The fourth-order valence-corrected chi connectivity index (χ4v) is 3.33. The van der Waals surface area contributed by atoms with E-state index in [1.165, 1.54) is 25.0 Å². The zero-order chi connectivity index (χ0) is 13.0. The fraction of sp³-hybridized carbons (Fsp3) is 0.538. The lowest BCUT2D eigenvalue weighted by molar-refractivity contribution is 0.444. The molecule has 1 fully saturated rings. The van der Waals surface area contributed by atoms with Gasteiger partial charge in [-0.05, 0) is 36.3 Å². The van der Waals surface area contributed by atoms with Gasteiger partial charge in [0.2, 0.25) is 0 Å². The third-order valence-corrected chi connectivity index (χ3v) is 4.42. The zero-order valence-corrected chi connectivity index (χ0v) is 10.8. The SMILES string of the molecule is Fc1cc(CNCC2CCCCS2)cc(F)c1F. The van der Waals surface area contributed by atoms with Crippen LogP contribution in [-0.4, -0.2) is 17.5 Å². The van der Waals surface area contributed by atoms with Crippen LogP contribution < -0.4 is 5.32 Å². The Bertz CT molecular complexity index is 382. The highest BCUT2D eigenvalue weighted by molar-refractivity contribution is 7.99. The van der Waals surface area contributed by atoms with E-state index in [1.807, 2.05) is 11.8 Å². The van der Waals surface area contributed by atoms with Crippen molar-refractivity contribution in [1.82, 2.24) is 5.32 Å². The van der Waals surface area contributed by atoms with Crippen LogP contribution in [0.2, 0.25) is 0 Å². The van der Waals surface area contributed by atoms with Crippen LogP contribution in [0.4, 0.5) is 13.2 Å². The molecule has 0 spiro atoms. The number of benzene rings is 1. The molecule has 1 aromatic rings. The third-order valence-electron chi connectivity index (χ3n) is 3.02. The molecule has 1 aliphatic rings. The van der Waals surface area contributed by atoms with Crippen LogP contribution in [0.3, 0.4) is 0 Å². The number of rotatable bonds is 4. The molecule has 2 rings (SSSR count). The minimum Gasteiger partial charge on any atom is -0.312 e. The Balaban J connectivity index is 1.82. The first kappa shape index (κ1) is 13.7. The molecule has 0 bridgehead atoms. The summed E-state index contributed by atoms with van der Waals surface area (Å²) in [5.41, 5.74) is 0.437. The highest BCUT2D eigenvalue weighted by Crippen LogP contribution is 2.24. The summed E-state index contributed by atoms with van der Waals surface area (Å²) >= 11 is 1.94. The second-order valence-corrected chi connectivity index (χ2v) is 5.90. The van der Waals surface area contributed by atoms with Crippen molar-refractivity contribution in [2.75, 3.05) is 12.3 Å². The number of halogens is 3. The van der Waals surface area contributed by atoms with Crippen LogP contribution in [0.5, 0.6) is 0 Å². The van der Waals surface area contributed by atoms with E-state index < -0.39 is 17.5 Å². The minimum atomic E-state index is -1.40. The lowest BCUT2D eigenvalue weighted by Crippen LogP contribution is -2.26. The van der Waals surface area contributed by atoms with E-state index in [9.17, 15) is 13.2 Å². The van der Waals surface area contributed by atoms with Gasteiger partial charge in [0.15, 0.2) is 17.5 Å². The number of hydrogen-bond donors (Lipinski definition) is 1. The normalized spacial score (nSPS) is 20.1. The summed E-state index contributed by atoms with van der Waals surface area (Å²) in [6, 6.07) is 2.08. The Morgan fingerprint density at radius 1 is 1.17 bits per heavy atom. The van der Waals surface area contributed by atoms with Crippen molar-refractivity contribution in [3.05, 3.63) is 35.1 Å². The van der Waals surface area contributed by atoms with E-state index in [0.29, 0.717) is 17.4 Å². The standard InChI is InChI=1S/C13H16F3NS/c14-11-5-9(6-12(15)13(11)16)7-17-8-10-3-1-2-4-18-10/h5-6,10,17H,1-4,7-8H2. The Morgan fingerprint density at radius 2 is 1.89 bits per heavy atom. The van der Waals surface area contributed by atoms with Crippen LogP contribution in [0.1, 0.15) is 24.8 Å². The Morgan fingerprint density at radius 3 is 2.50 bits per heavy atom. The average Bonchev–Trinajstić information content (AvgIpc) is 2.37. The highest BCUT2D eigenvalue weighted by atomic mass is 32.2. The average molecular weight is 275 g/mol. The predicted molar refractivity (Wildman–Crippen MR) is 68.1 cm³/mol. The second kappa shape index (κ2) is 6.48. The van der Waals surface area contributed by atoms with Gasteiger partial charge < -0.3 is 5.32 Å². The molecule has 18 heavy (non-hydrogen) atoms. The van der Waals surface area contributed by atoms with Gasteiger partial charge in [0.05, 0.1) is 0 Å². The molecule has 1 atom stereocenters. The van der Waals surface area contributed by atoms with E-state index in [4.69, 9.17) is 0 Å². The maximum atomic E-state index is 13.0. The van der Waals surface area contributed by atoms with Crippen LogP contribution in [0.15, 0.2) is 12.1 Å². The van der Waals surface area contributed by atoms with E-state index in [1.54, 1.807) is 0 Å². The fourth-order valence-electron chi connectivity index (χ4n) is 2.06. The maximum Gasteiger partial charge on any atom is 0.194 e. The van der Waals surface area contributed by atoms with Gasteiger partial charge in [0, 0.05) is 18.3 Å². The maximum absolute atomic E-state index is 13.0. The summed E-state index contributed by atoms with van der Waals surface area (Å²) in [6.07, 6.45) is 3.71. The van der Waals surface area contributed by atoms with Gasteiger partial charge in [-0.3, -0.25) is 0 Å². The van der Waals surface area contributed by atoms with Gasteiger partial charge >= 0.3 is 0 Å². The van der Waals surface area contributed by atoms with Gasteiger partial charge in [-0.1, -0.05) is 6.42 Å². The van der Waals surface area contributed by atoms with Crippen molar-refractivity contribution in [3.8, 4) is 0 Å². The van der Waals surface area contributed by atoms with Crippen LogP contribution in [0.25, 0.3) is 0 Å². The molecule has 0 aromatic heterocycles. The predicted octanol–water partition coefficient (Wildman–Crippen LogP) is 3.48. The zero-order valence-electron chi connectivity index (χ0n) is 10.0. The van der Waals surface area contributed by atoms with Gasteiger partial charge in [0.1, 0.15) is 0 Å². The number of hydrogen-bond acceptors (Lipinski definition) is 2. The van der Waals surface area contributed by atoms with Gasteiger partial charge in [0.25, 0.3) is 0 Å². The van der Waals surface area contributed by atoms with E-state index in [-0.39, 0.29) is 0 Å². The van der Waals surface area contributed by atoms with E-state index >= 15 is 0 Å². The largest absolute Gasteiger partial charge is 0.312 e. The summed E-state index contributed by atoms with van der Waals surface area (Å²) in [5.74, 6) is -2.47. The van der Waals surface area contributed by atoms with Gasteiger partial charge in [-0.2, -0.15) is 11.8 Å². The lowest BCUT2D eigenvalue weighted by atomic mass is 10.1. The quantitative estimate of drug-likeness (QED) is 0.844. The monoisotopic (exact) mass is 275 g/mol. The first-order valence-electron chi connectivity index (χ1n) is 6.12. The van der Waals surface area contributed by atoms with Gasteiger partial charge in [-0.15, -0.1) is 0 Å². The number of nitrogens with one attached hydrogen (secondary N) is 1. The van der Waals surface area contributed by atoms with Gasteiger partial charge in [-0.25, -0.2) is 13.2 Å². The molecule has 0 amide bonds. The van der Waals surface area contributed by atoms with E-state index in [2.05, 4.69) is 5.32 Å². The molecule has 1 saturated heterocycles. The smallest absolute Gasteiger partial charge is 0.194 e. The third kappa shape index (κ3) is 3.65. The molecule has 5 heteroatoms. The molecule has 1 heterocycles. The number of thioether (sulfide) groups is 1. The van der Waals surface area contributed by atoms with Crippen LogP contribution >= 0.6 is 11.8 Å². The molecule has 0 radical (unpaired) electrons. The molecule has 1 aliphatic heterocycles. The highest BCUT2D eigenvalue weighted by Gasteiger charge is 2.14. The Kier molecular flexibility index (Phi) is 4.95. The molecule has 1 N–H and O–H groups in total. The summed E-state index contributed by atoms with van der Waals surface area (Å²) in [6.45, 7) is 1.19. The summed E-state index contributed by atoms with van der Waals surface area (Å²) < 4.78 is 38.7. The minimum absolute atomic E-state index is 0.366. The first-order chi connectivity index (χ1) is 8.66. The summed E-state index contributed by atoms with van der Waals surface area (Å²) in [7, 11) is 0. The van der Waals surface area contributed by atoms with Crippen molar-refractivity contribution in [3.63, 3.8) is 0 Å². The molecular weight excluding hydrogens is 259 g/mol. The topological polar surface area (TPSA) is 12.0 Å². The van der Waals surface area contributed by atoms with Crippen molar-refractivity contribution in [2.45, 2.75) is 31.1 Å². The van der Waals surface area contributed by atoms with Crippen molar-refractivity contribution < 1.29 is 13.2 Å². The lowest BCUT2D eigenvalue weighted by Gasteiger charge is -2.21. The Hall–Kier alpha value is -0.680. The molecular formula is C13H16F3NS. The summed E-state index contributed by atoms with van der Waals surface area (Å²) in [5, 5.41) is 3.75. The molecule has 1 unspecified atom stereocenters. The van der Waals surface area contributed by atoms with Crippen LogP contribution in [-0.2, 0) is 6.54 Å². The first-order valence-corrected chi connectivity index (χ1v) is 7.17. The Labute approximate surface area is 109 Å². The molecule has 0 saturated carbocycles. The van der Waals surface area contributed by atoms with Crippen molar-refractivity contribution >= 4 is 11.8 Å². The molecule has 1 aromatic carbocycles. The molecule has 100 valence electrons. The van der Waals surface area contributed by atoms with Crippen LogP contribution in [0, 0.1) is 17.5 Å². The van der Waals surface area contributed by atoms with Crippen molar-refractivity contribution in [1.29, 1.82) is 0 Å². The molecule has 1 nitrogen and oxygen atoms in total. The molecule has 0 aliphatic carbocycles. The summed E-state index contributed by atoms with van der Waals surface area (Å²) in [4.78, 5) is 0. The second-order valence-electron chi connectivity index (χ2n) is 4.49. The van der Waals surface area contributed by atoms with E-state index in [0.717, 1.165) is 18.7 Å².